The third-order valence-electron chi connectivity index (χ3n) is 3.19. The van der Waals surface area contributed by atoms with Crippen LogP contribution in [0.4, 0.5) is 11.8 Å². The highest BCUT2D eigenvalue weighted by molar-refractivity contribution is 5.54. The largest absolute Gasteiger partial charge is 0.481 e. The average molecular weight is 333 g/mol. The Morgan fingerprint density at radius 3 is 2.48 bits per heavy atom. The minimum Gasteiger partial charge on any atom is -0.481 e. The zero-order valence-corrected chi connectivity index (χ0v) is 13.4. The molecule has 2 aromatic heterocycles. The number of hydrogen-bond donors (Lipinski definition) is 2. The molecule has 0 saturated carbocycles. The standard InChI is InChI=1S/C18H15N5O2/c1-24-16-9-14(25-15-11-22-18(20)23-17(15)19)13(10-21-16)8-7-12-5-3-2-4-6-12/h2-6,9-11H,1H3,(H4,19,20,22,23). The van der Waals surface area contributed by atoms with Gasteiger partial charge in [-0.25, -0.2) is 9.97 Å². The number of pyridine rings is 1. The number of aromatic nitrogens is 3. The van der Waals surface area contributed by atoms with Gasteiger partial charge in [0.15, 0.2) is 11.6 Å². The Morgan fingerprint density at radius 2 is 1.76 bits per heavy atom. The Labute approximate surface area is 144 Å². The van der Waals surface area contributed by atoms with Crippen molar-refractivity contribution < 1.29 is 9.47 Å². The second kappa shape index (κ2) is 7.19. The first kappa shape index (κ1) is 16.1. The summed E-state index contributed by atoms with van der Waals surface area (Å²) in [7, 11) is 1.52. The molecule has 7 nitrogen and oxygen atoms in total. The Kier molecular flexibility index (Phi) is 4.62. The van der Waals surface area contributed by atoms with E-state index in [1.165, 1.54) is 13.3 Å². The van der Waals surface area contributed by atoms with Crippen LogP contribution in [0.1, 0.15) is 11.1 Å². The molecule has 25 heavy (non-hydrogen) atoms. The van der Waals surface area contributed by atoms with Crippen LogP contribution in [-0.4, -0.2) is 22.1 Å². The van der Waals surface area contributed by atoms with Gasteiger partial charge < -0.3 is 20.9 Å². The third-order valence-corrected chi connectivity index (χ3v) is 3.19. The lowest BCUT2D eigenvalue weighted by molar-refractivity contribution is 0.392. The van der Waals surface area contributed by atoms with Crippen molar-refractivity contribution in [3.63, 3.8) is 0 Å². The van der Waals surface area contributed by atoms with Gasteiger partial charge in [0, 0.05) is 11.6 Å². The number of methoxy groups -OCH3 is 1. The molecule has 2 heterocycles. The van der Waals surface area contributed by atoms with Crippen LogP contribution in [0.3, 0.4) is 0 Å². The van der Waals surface area contributed by atoms with Crippen molar-refractivity contribution in [1.82, 2.24) is 15.0 Å². The minimum atomic E-state index is 0.0706. The molecule has 0 radical (unpaired) electrons. The number of nitrogen functional groups attached to an aromatic ring is 2. The monoisotopic (exact) mass is 333 g/mol. The summed E-state index contributed by atoms with van der Waals surface area (Å²) in [5, 5.41) is 0. The summed E-state index contributed by atoms with van der Waals surface area (Å²) in [5.41, 5.74) is 12.8. The van der Waals surface area contributed by atoms with Crippen molar-refractivity contribution in [2.75, 3.05) is 18.6 Å². The van der Waals surface area contributed by atoms with Crippen molar-refractivity contribution in [1.29, 1.82) is 0 Å². The van der Waals surface area contributed by atoms with Gasteiger partial charge >= 0.3 is 0 Å². The summed E-state index contributed by atoms with van der Waals surface area (Å²) in [4.78, 5) is 11.9. The van der Waals surface area contributed by atoms with Gasteiger partial charge in [-0.1, -0.05) is 30.0 Å². The molecule has 124 valence electrons. The lowest BCUT2D eigenvalue weighted by atomic mass is 10.2. The van der Waals surface area contributed by atoms with E-state index in [2.05, 4.69) is 26.8 Å². The summed E-state index contributed by atoms with van der Waals surface area (Å²) < 4.78 is 10.9. The molecular weight excluding hydrogens is 318 g/mol. The van der Waals surface area contributed by atoms with Crippen molar-refractivity contribution in [2.24, 2.45) is 0 Å². The van der Waals surface area contributed by atoms with Crippen LogP contribution >= 0.6 is 0 Å². The van der Waals surface area contributed by atoms with Gasteiger partial charge in [0.1, 0.15) is 5.75 Å². The van der Waals surface area contributed by atoms with E-state index in [1.54, 1.807) is 12.3 Å². The molecule has 4 N–H and O–H groups in total. The maximum absolute atomic E-state index is 5.82. The Balaban J connectivity index is 1.98. The van der Waals surface area contributed by atoms with E-state index >= 15 is 0 Å². The highest BCUT2D eigenvalue weighted by Crippen LogP contribution is 2.30. The number of benzene rings is 1. The van der Waals surface area contributed by atoms with Gasteiger partial charge in [-0.3, -0.25) is 0 Å². The smallest absolute Gasteiger partial charge is 0.222 e. The molecule has 0 atom stereocenters. The van der Waals surface area contributed by atoms with Gasteiger partial charge in [0.05, 0.1) is 25.1 Å². The fourth-order valence-electron chi connectivity index (χ4n) is 1.97. The second-order valence-electron chi connectivity index (χ2n) is 4.92. The van der Waals surface area contributed by atoms with Crippen molar-refractivity contribution in [2.45, 2.75) is 0 Å². The summed E-state index contributed by atoms with van der Waals surface area (Å²) in [5.74, 6) is 7.37. The first-order valence-electron chi connectivity index (χ1n) is 7.32. The van der Waals surface area contributed by atoms with Crippen LogP contribution in [0.15, 0.2) is 48.8 Å². The molecule has 0 aliphatic rings. The van der Waals surface area contributed by atoms with Gasteiger partial charge in [-0.2, -0.15) is 4.98 Å². The molecule has 0 saturated heterocycles. The fraction of sp³-hybridized carbons (Fsp3) is 0.0556. The number of hydrogen-bond acceptors (Lipinski definition) is 7. The quantitative estimate of drug-likeness (QED) is 0.707. The predicted octanol–water partition coefficient (Wildman–Crippen LogP) is 2.24. The number of nitrogens with zero attached hydrogens (tertiary/aromatic N) is 3. The molecule has 0 spiro atoms. The van der Waals surface area contributed by atoms with Crippen molar-refractivity contribution >= 4 is 11.8 Å². The van der Waals surface area contributed by atoms with Crippen molar-refractivity contribution in [3.8, 4) is 29.2 Å². The molecule has 0 aliphatic carbocycles. The first-order valence-corrected chi connectivity index (χ1v) is 7.32. The van der Waals surface area contributed by atoms with E-state index in [4.69, 9.17) is 20.9 Å². The maximum atomic E-state index is 5.82. The summed E-state index contributed by atoms with van der Waals surface area (Å²) >= 11 is 0. The zero-order valence-electron chi connectivity index (χ0n) is 13.4. The summed E-state index contributed by atoms with van der Waals surface area (Å²) in [6, 6.07) is 11.2. The van der Waals surface area contributed by atoms with Crippen LogP contribution in [0.5, 0.6) is 17.4 Å². The number of ether oxygens (including phenoxy) is 2. The SMILES string of the molecule is COc1cc(Oc2cnc(N)nc2N)c(C#Cc2ccccc2)cn1. The Morgan fingerprint density at radius 1 is 0.960 bits per heavy atom. The molecule has 7 heteroatoms. The molecule has 0 bridgehead atoms. The number of rotatable bonds is 3. The lowest BCUT2D eigenvalue weighted by Gasteiger charge is -2.10. The first-order chi connectivity index (χ1) is 12.2. The van der Waals surface area contributed by atoms with E-state index in [1.807, 2.05) is 30.3 Å². The van der Waals surface area contributed by atoms with Gasteiger partial charge in [0.25, 0.3) is 0 Å². The summed E-state index contributed by atoms with van der Waals surface area (Å²) in [6.07, 6.45) is 2.97. The number of nitrogens with two attached hydrogens (primary N) is 2. The third kappa shape index (κ3) is 3.95. The molecule has 3 aromatic rings. The molecule has 0 amide bonds. The molecule has 0 aliphatic heterocycles. The highest BCUT2D eigenvalue weighted by atomic mass is 16.5. The van der Waals surface area contributed by atoms with Crippen LogP contribution in [-0.2, 0) is 0 Å². The van der Waals surface area contributed by atoms with Crippen LogP contribution in [0.2, 0.25) is 0 Å². The van der Waals surface area contributed by atoms with Gasteiger partial charge in [0.2, 0.25) is 11.8 Å². The van der Waals surface area contributed by atoms with Crippen molar-refractivity contribution in [3.05, 3.63) is 59.9 Å². The van der Waals surface area contributed by atoms with E-state index in [9.17, 15) is 0 Å². The van der Waals surface area contributed by atoms with E-state index in [0.29, 0.717) is 17.2 Å². The predicted molar refractivity (Wildman–Crippen MR) is 94.1 cm³/mol. The van der Waals surface area contributed by atoms with Gasteiger partial charge in [-0.05, 0) is 12.1 Å². The Hall–Kier alpha value is -3.79. The van der Waals surface area contributed by atoms with Gasteiger partial charge in [-0.15, -0.1) is 0 Å². The molecule has 0 fully saturated rings. The van der Waals surface area contributed by atoms with Crippen LogP contribution in [0.25, 0.3) is 0 Å². The minimum absolute atomic E-state index is 0.0706. The lowest BCUT2D eigenvalue weighted by Crippen LogP contribution is -2.02. The topological polar surface area (TPSA) is 109 Å². The van der Waals surface area contributed by atoms with Crippen LogP contribution in [0, 0.1) is 11.8 Å². The second-order valence-corrected chi connectivity index (χ2v) is 4.92. The molecule has 1 aromatic carbocycles. The molecule has 0 unspecified atom stereocenters. The molecule has 3 rings (SSSR count). The molecular formula is C18H15N5O2. The van der Waals surface area contributed by atoms with E-state index in [-0.39, 0.29) is 17.5 Å². The van der Waals surface area contributed by atoms with E-state index < -0.39 is 0 Å². The average Bonchev–Trinajstić information content (AvgIpc) is 2.63. The summed E-state index contributed by atoms with van der Waals surface area (Å²) in [6.45, 7) is 0. The number of anilines is 2. The Bertz CT molecular complexity index is 949. The van der Waals surface area contributed by atoms with Crippen LogP contribution < -0.4 is 20.9 Å². The fourth-order valence-corrected chi connectivity index (χ4v) is 1.97. The zero-order chi connectivity index (χ0) is 17.6. The van der Waals surface area contributed by atoms with E-state index in [0.717, 1.165) is 5.56 Å². The highest BCUT2D eigenvalue weighted by Gasteiger charge is 2.10. The normalized spacial score (nSPS) is 9.80. The maximum Gasteiger partial charge on any atom is 0.222 e.